The quantitative estimate of drug-likeness (QED) is 0.639. The summed E-state index contributed by atoms with van der Waals surface area (Å²) in [4.78, 5) is 6.78. The molecule has 1 heterocycles. The van der Waals surface area contributed by atoms with Gasteiger partial charge in [-0.15, -0.1) is 0 Å². The zero-order chi connectivity index (χ0) is 20.1. The molecule has 0 amide bonds. The third-order valence-corrected chi connectivity index (χ3v) is 6.08. The zero-order valence-electron chi connectivity index (χ0n) is 16.4. The lowest BCUT2D eigenvalue weighted by Gasteiger charge is -2.23. The van der Waals surface area contributed by atoms with Crippen LogP contribution in [0.25, 0.3) is 0 Å². The van der Waals surface area contributed by atoms with E-state index in [4.69, 9.17) is 0 Å². The summed E-state index contributed by atoms with van der Waals surface area (Å²) >= 11 is 0. The molecule has 1 aromatic heterocycles. The minimum absolute atomic E-state index is 0.276. The standard InChI is InChI=1S/C22H25N3O2S/c1-4-25(16-19-8-6-5-7-9-19)20-12-13-22(23-15-20)24-28(26,27)21-14-17(2)10-11-18(21)3/h5-15H,4,16H2,1-3H3,(H,23,24). The Hall–Kier alpha value is -2.86. The van der Waals surface area contributed by atoms with E-state index < -0.39 is 10.0 Å². The largest absolute Gasteiger partial charge is 0.366 e. The Kier molecular flexibility index (Phi) is 5.99. The molecule has 146 valence electrons. The van der Waals surface area contributed by atoms with Crippen LogP contribution in [0.4, 0.5) is 11.5 Å². The van der Waals surface area contributed by atoms with Crippen LogP contribution < -0.4 is 9.62 Å². The lowest BCUT2D eigenvalue weighted by molar-refractivity contribution is 0.600. The summed E-state index contributed by atoms with van der Waals surface area (Å²) in [5, 5.41) is 0. The molecule has 2 aromatic carbocycles. The maximum absolute atomic E-state index is 12.7. The molecule has 0 unspecified atom stereocenters. The van der Waals surface area contributed by atoms with Gasteiger partial charge in [0.25, 0.3) is 10.0 Å². The lowest BCUT2D eigenvalue weighted by atomic mass is 10.2. The predicted molar refractivity (Wildman–Crippen MR) is 114 cm³/mol. The van der Waals surface area contributed by atoms with Gasteiger partial charge in [0, 0.05) is 13.1 Å². The van der Waals surface area contributed by atoms with Gasteiger partial charge in [-0.25, -0.2) is 13.4 Å². The molecular formula is C22H25N3O2S. The topological polar surface area (TPSA) is 62.3 Å². The van der Waals surface area contributed by atoms with Gasteiger partial charge in [0.1, 0.15) is 5.82 Å². The van der Waals surface area contributed by atoms with Crippen molar-refractivity contribution in [3.05, 3.63) is 83.6 Å². The van der Waals surface area contributed by atoms with Crippen molar-refractivity contribution in [2.24, 2.45) is 0 Å². The van der Waals surface area contributed by atoms with Gasteiger partial charge < -0.3 is 4.90 Å². The van der Waals surface area contributed by atoms with E-state index in [1.165, 1.54) is 5.56 Å². The summed E-state index contributed by atoms with van der Waals surface area (Å²) in [5.41, 5.74) is 3.76. The summed E-state index contributed by atoms with van der Waals surface area (Å²) in [6.07, 6.45) is 1.70. The highest BCUT2D eigenvalue weighted by atomic mass is 32.2. The summed E-state index contributed by atoms with van der Waals surface area (Å²) in [5.74, 6) is 0.306. The van der Waals surface area contributed by atoms with Crippen molar-refractivity contribution in [2.45, 2.75) is 32.2 Å². The number of hydrogen-bond donors (Lipinski definition) is 1. The number of nitrogens with zero attached hydrogens (tertiary/aromatic N) is 2. The van der Waals surface area contributed by atoms with Crippen molar-refractivity contribution in [2.75, 3.05) is 16.2 Å². The highest BCUT2D eigenvalue weighted by molar-refractivity contribution is 7.92. The Labute approximate surface area is 167 Å². The smallest absolute Gasteiger partial charge is 0.263 e. The minimum Gasteiger partial charge on any atom is -0.366 e. The molecule has 0 saturated heterocycles. The van der Waals surface area contributed by atoms with Gasteiger partial charge in [0.05, 0.1) is 16.8 Å². The molecule has 0 spiro atoms. The maximum atomic E-state index is 12.7. The van der Waals surface area contributed by atoms with Crippen molar-refractivity contribution in [1.29, 1.82) is 0 Å². The Balaban J connectivity index is 1.77. The van der Waals surface area contributed by atoms with Crippen LogP contribution >= 0.6 is 0 Å². The van der Waals surface area contributed by atoms with Crippen LogP contribution in [0.15, 0.2) is 71.8 Å². The molecule has 3 rings (SSSR count). The van der Waals surface area contributed by atoms with Crippen molar-refractivity contribution in [1.82, 2.24) is 4.98 Å². The third-order valence-electron chi connectivity index (χ3n) is 4.58. The first kappa shape index (κ1) is 19.9. The van der Waals surface area contributed by atoms with E-state index >= 15 is 0 Å². The Morgan fingerprint density at radius 3 is 2.39 bits per heavy atom. The minimum atomic E-state index is -3.68. The van der Waals surface area contributed by atoms with Crippen LogP contribution in [0.2, 0.25) is 0 Å². The van der Waals surface area contributed by atoms with Crippen molar-refractivity contribution in [3.8, 4) is 0 Å². The molecule has 0 saturated carbocycles. The summed E-state index contributed by atoms with van der Waals surface area (Å²) in [7, 11) is -3.68. The summed E-state index contributed by atoms with van der Waals surface area (Å²) in [6, 6.07) is 19.2. The van der Waals surface area contributed by atoms with Crippen molar-refractivity contribution < 1.29 is 8.42 Å². The summed E-state index contributed by atoms with van der Waals surface area (Å²) in [6.45, 7) is 7.33. The molecule has 0 aliphatic carbocycles. The molecule has 0 atom stereocenters. The first-order valence-corrected chi connectivity index (χ1v) is 10.7. The number of benzene rings is 2. The van der Waals surface area contributed by atoms with Gasteiger partial charge in [-0.1, -0.05) is 42.5 Å². The average Bonchev–Trinajstić information content (AvgIpc) is 2.69. The molecule has 6 heteroatoms. The van der Waals surface area contributed by atoms with Crippen LogP contribution in [0, 0.1) is 13.8 Å². The van der Waals surface area contributed by atoms with Gasteiger partial charge in [0.15, 0.2) is 0 Å². The van der Waals surface area contributed by atoms with Crippen molar-refractivity contribution >= 4 is 21.5 Å². The van der Waals surface area contributed by atoms with Gasteiger partial charge in [0.2, 0.25) is 0 Å². The van der Waals surface area contributed by atoms with Crippen molar-refractivity contribution in [3.63, 3.8) is 0 Å². The molecule has 28 heavy (non-hydrogen) atoms. The fourth-order valence-electron chi connectivity index (χ4n) is 3.01. The first-order chi connectivity index (χ1) is 13.4. The van der Waals surface area contributed by atoms with E-state index in [9.17, 15) is 8.42 Å². The zero-order valence-corrected chi connectivity index (χ0v) is 17.2. The number of nitrogens with one attached hydrogen (secondary N) is 1. The van der Waals surface area contributed by atoms with Crippen LogP contribution in [-0.4, -0.2) is 19.9 Å². The molecular weight excluding hydrogens is 370 g/mol. The molecule has 5 nitrogen and oxygen atoms in total. The highest BCUT2D eigenvalue weighted by Crippen LogP contribution is 2.22. The summed E-state index contributed by atoms with van der Waals surface area (Å²) < 4.78 is 28.0. The molecule has 3 aromatic rings. The molecule has 0 aliphatic heterocycles. The number of aryl methyl sites for hydroxylation is 2. The second-order valence-corrected chi connectivity index (χ2v) is 8.43. The maximum Gasteiger partial charge on any atom is 0.263 e. The van der Waals surface area contributed by atoms with Crippen LogP contribution in [-0.2, 0) is 16.6 Å². The number of pyridine rings is 1. The van der Waals surface area contributed by atoms with Gasteiger partial charge >= 0.3 is 0 Å². The van der Waals surface area contributed by atoms with Crippen LogP contribution in [0.1, 0.15) is 23.6 Å². The lowest BCUT2D eigenvalue weighted by Crippen LogP contribution is -2.22. The van der Waals surface area contributed by atoms with Crippen LogP contribution in [0.3, 0.4) is 0 Å². The Morgan fingerprint density at radius 2 is 1.75 bits per heavy atom. The van der Waals surface area contributed by atoms with E-state index in [0.717, 1.165) is 24.3 Å². The Morgan fingerprint density at radius 1 is 1.00 bits per heavy atom. The third kappa shape index (κ3) is 4.70. The Bertz CT molecular complexity index is 1030. The van der Waals surface area contributed by atoms with E-state index in [1.807, 2.05) is 43.3 Å². The number of aromatic nitrogens is 1. The molecule has 0 radical (unpaired) electrons. The second kappa shape index (κ2) is 8.44. The number of rotatable bonds is 7. The molecule has 0 bridgehead atoms. The fourth-order valence-corrected chi connectivity index (χ4v) is 4.35. The van der Waals surface area contributed by atoms with Gasteiger partial charge in [-0.05, 0) is 55.7 Å². The number of anilines is 2. The van der Waals surface area contributed by atoms with Crippen LogP contribution in [0.5, 0.6) is 0 Å². The van der Waals surface area contributed by atoms with E-state index in [-0.39, 0.29) is 4.90 Å². The average molecular weight is 396 g/mol. The normalized spacial score (nSPS) is 11.2. The number of hydrogen-bond acceptors (Lipinski definition) is 4. The van der Waals surface area contributed by atoms with E-state index in [0.29, 0.717) is 11.4 Å². The predicted octanol–water partition coefficient (Wildman–Crippen LogP) is 4.53. The SMILES string of the molecule is CCN(Cc1ccccc1)c1ccc(NS(=O)(=O)c2cc(C)ccc2C)nc1. The van der Waals surface area contributed by atoms with Gasteiger partial charge in [-0.2, -0.15) is 0 Å². The van der Waals surface area contributed by atoms with E-state index in [1.54, 1.807) is 25.3 Å². The highest BCUT2D eigenvalue weighted by Gasteiger charge is 2.18. The first-order valence-electron chi connectivity index (χ1n) is 9.24. The fraction of sp³-hybridized carbons (Fsp3) is 0.227. The molecule has 0 fully saturated rings. The monoisotopic (exact) mass is 395 g/mol. The second-order valence-electron chi connectivity index (χ2n) is 6.78. The molecule has 1 N–H and O–H groups in total. The van der Waals surface area contributed by atoms with E-state index in [2.05, 4.69) is 33.7 Å². The number of sulfonamides is 1. The molecule has 0 aliphatic rings. The van der Waals surface area contributed by atoms with Gasteiger partial charge in [-0.3, -0.25) is 4.72 Å².